The minimum atomic E-state index is 0.00679. The van der Waals surface area contributed by atoms with Crippen molar-refractivity contribution in [1.82, 2.24) is 15.3 Å². The van der Waals surface area contributed by atoms with E-state index in [0.29, 0.717) is 0 Å². The van der Waals surface area contributed by atoms with Crippen LogP contribution < -0.4 is 10.2 Å². The summed E-state index contributed by atoms with van der Waals surface area (Å²) in [5, 5.41) is 6.25. The molecule has 4 rings (SSSR count). The molecule has 3 aromatic rings. The maximum absolute atomic E-state index is 11.7. The Bertz CT molecular complexity index is 905. The van der Waals surface area contributed by atoms with Crippen LogP contribution in [0.2, 0.25) is 0 Å². The average Bonchev–Trinajstić information content (AvgIpc) is 3.21. The molecule has 1 saturated heterocycles. The highest BCUT2D eigenvalue weighted by Gasteiger charge is 2.35. The number of aromatic nitrogens is 2. The topological polar surface area (TPSA) is 58.1 Å². The normalized spacial score (nSPS) is 20.2. The van der Waals surface area contributed by atoms with E-state index in [1.807, 2.05) is 5.38 Å². The van der Waals surface area contributed by atoms with Gasteiger partial charge in [0.25, 0.3) is 0 Å². The van der Waals surface area contributed by atoms with E-state index < -0.39 is 0 Å². The standard InChI is InChI=1S/C19H20N4OS/c1-12-3-5-14(6-4-12)16-9-23(10-17(16)22-13(2)24)18-15-7-8-25-19(15)21-11-20-18/h3-8,11,16-17H,9-10H2,1-2H3,(H,22,24). The molecule has 1 amide bonds. The summed E-state index contributed by atoms with van der Waals surface area (Å²) < 4.78 is 0. The van der Waals surface area contributed by atoms with Gasteiger partial charge in [-0.2, -0.15) is 0 Å². The third kappa shape index (κ3) is 3.09. The first-order valence-corrected chi connectivity index (χ1v) is 9.26. The van der Waals surface area contributed by atoms with E-state index >= 15 is 0 Å². The molecule has 0 radical (unpaired) electrons. The quantitative estimate of drug-likeness (QED) is 0.787. The molecule has 0 saturated carbocycles. The summed E-state index contributed by atoms with van der Waals surface area (Å²) in [6.45, 7) is 5.25. The van der Waals surface area contributed by atoms with E-state index in [0.717, 1.165) is 29.1 Å². The van der Waals surface area contributed by atoms with Crippen LogP contribution in [-0.4, -0.2) is 35.0 Å². The number of nitrogens with zero attached hydrogens (tertiary/aromatic N) is 3. The van der Waals surface area contributed by atoms with Gasteiger partial charge in [-0.3, -0.25) is 4.79 Å². The summed E-state index contributed by atoms with van der Waals surface area (Å²) in [7, 11) is 0. The number of hydrogen-bond donors (Lipinski definition) is 1. The predicted octanol–water partition coefficient (Wildman–Crippen LogP) is 3.11. The largest absolute Gasteiger partial charge is 0.353 e. The van der Waals surface area contributed by atoms with Crippen LogP contribution in [0.3, 0.4) is 0 Å². The molecular formula is C19H20N4OS. The van der Waals surface area contributed by atoms with Crippen LogP contribution >= 0.6 is 11.3 Å². The molecule has 6 heteroatoms. The number of fused-ring (bicyclic) bond motifs is 1. The fourth-order valence-corrected chi connectivity index (χ4v) is 4.29. The maximum atomic E-state index is 11.7. The SMILES string of the molecule is CC(=O)NC1CN(c2ncnc3sccc23)CC1c1ccc(C)cc1. The summed E-state index contributed by atoms with van der Waals surface area (Å²) in [5.41, 5.74) is 2.49. The van der Waals surface area contributed by atoms with Crippen molar-refractivity contribution in [2.75, 3.05) is 18.0 Å². The van der Waals surface area contributed by atoms with Crippen LogP contribution in [0.15, 0.2) is 42.0 Å². The van der Waals surface area contributed by atoms with Crippen LogP contribution in [0.5, 0.6) is 0 Å². The first-order valence-electron chi connectivity index (χ1n) is 8.38. The molecule has 128 valence electrons. The summed E-state index contributed by atoms with van der Waals surface area (Å²) in [6.07, 6.45) is 1.63. The van der Waals surface area contributed by atoms with E-state index in [1.165, 1.54) is 11.1 Å². The number of anilines is 1. The third-order valence-electron chi connectivity index (χ3n) is 4.75. The molecule has 5 nitrogen and oxygen atoms in total. The highest BCUT2D eigenvalue weighted by molar-refractivity contribution is 7.16. The van der Waals surface area contributed by atoms with E-state index in [9.17, 15) is 4.79 Å². The minimum absolute atomic E-state index is 0.00679. The van der Waals surface area contributed by atoms with E-state index in [1.54, 1.807) is 24.6 Å². The molecule has 3 heterocycles. The first kappa shape index (κ1) is 16.0. The Kier molecular flexibility index (Phi) is 4.13. The summed E-state index contributed by atoms with van der Waals surface area (Å²) in [4.78, 5) is 23.8. The number of rotatable bonds is 3. The molecule has 2 atom stereocenters. The van der Waals surface area contributed by atoms with Crippen molar-refractivity contribution >= 4 is 33.3 Å². The lowest BCUT2D eigenvalue weighted by Gasteiger charge is -2.19. The molecule has 1 fully saturated rings. The zero-order valence-electron chi connectivity index (χ0n) is 14.3. The van der Waals surface area contributed by atoms with Crippen molar-refractivity contribution in [3.05, 3.63) is 53.2 Å². The molecule has 1 aliphatic rings. The molecule has 0 aliphatic carbocycles. The fourth-order valence-electron chi connectivity index (χ4n) is 3.56. The number of benzene rings is 1. The molecular weight excluding hydrogens is 332 g/mol. The lowest BCUT2D eigenvalue weighted by Crippen LogP contribution is -2.38. The first-order chi connectivity index (χ1) is 12.1. The van der Waals surface area contributed by atoms with Crippen LogP contribution in [0, 0.1) is 6.92 Å². The summed E-state index contributed by atoms with van der Waals surface area (Å²) in [5.74, 6) is 1.21. The van der Waals surface area contributed by atoms with Gasteiger partial charge in [-0.1, -0.05) is 29.8 Å². The molecule has 1 aromatic carbocycles. The van der Waals surface area contributed by atoms with Crippen molar-refractivity contribution < 1.29 is 4.79 Å². The highest BCUT2D eigenvalue weighted by Crippen LogP contribution is 2.34. The number of carbonyl (C=O) groups is 1. The van der Waals surface area contributed by atoms with Crippen molar-refractivity contribution in [3.63, 3.8) is 0 Å². The van der Waals surface area contributed by atoms with Crippen LogP contribution in [0.25, 0.3) is 10.2 Å². The molecule has 2 aromatic heterocycles. The fraction of sp³-hybridized carbons (Fsp3) is 0.316. The van der Waals surface area contributed by atoms with E-state index in [4.69, 9.17) is 0 Å². The summed E-state index contributed by atoms with van der Waals surface area (Å²) >= 11 is 1.62. The highest BCUT2D eigenvalue weighted by atomic mass is 32.1. The number of amides is 1. The second-order valence-electron chi connectivity index (χ2n) is 6.57. The second kappa shape index (κ2) is 6.44. The van der Waals surface area contributed by atoms with Gasteiger partial charge in [0, 0.05) is 25.9 Å². The summed E-state index contributed by atoms with van der Waals surface area (Å²) in [6, 6.07) is 10.7. The van der Waals surface area contributed by atoms with Gasteiger partial charge in [-0.15, -0.1) is 11.3 Å². The van der Waals surface area contributed by atoms with Gasteiger partial charge in [0.2, 0.25) is 5.91 Å². The van der Waals surface area contributed by atoms with Crippen molar-refractivity contribution in [3.8, 4) is 0 Å². The lowest BCUT2D eigenvalue weighted by atomic mass is 9.93. The number of carbonyl (C=O) groups excluding carboxylic acids is 1. The van der Waals surface area contributed by atoms with Gasteiger partial charge in [0.1, 0.15) is 17.0 Å². The maximum Gasteiger partial charge on any atom is 0.217 e. The molecule has 1 aliphatic heterocycles. The molecule has 0 bridgehead atoms. The van der Waals surface area contributed by atoms with E-state index in [-0.39, 0.29) is 17.9 Å². The molecule has 25 heavy (non-hydrogen) atoms. The van der Waals surface area contributed by atoms with Crippen molar-refractivity contribution in [2.24, 2.45) is 0 Å². The molecule has 1 N–H and O–H groups in total. The Hall–Kier alpha value is -2.47. The average molecular weight is 352 g/mol. The molecule has 2 unspecified atom stereocenters. The smallest absolute Gasteiger partial charge is 0.217 e. The Morgan fingerprint density at radius 3 is 2.76 bits per heavy atom. The Balaban J connectivity index is 1.68. The lowest BCUT2D eigenvalue weighted by molar-refractivity contribution is -0.119. The van der Waals surface area contributed by atoms with Gasteiger partial charge < -0.3 is 10.2 Å². The Morgan fingerprint density at radius 2 is 2.00 bits per heavy atom. The van der Waals surface area contributed by atoms with Gasteiger partial charge in [0.05, 0.1) is 11.4 Å². The number of thiophene rings is 1. The Morgan fingerprint density at radius 1 is 1.20 bits per heavy atom. The van der Waals surface area contributed by atoms with Gasteiger partial charge in [0.15, 0.2) is 0 Å². The number of nitrogens with one attached hydrogen (secondary N) is 1. The van der Waals surface area contributed by atoms with Gasteiger partial charge in [-0.25, -0.2) is 9.97 Å². The van der Waals surface area contributed by atoms with Crippen molar-refractivity contribution in [1.29, 1.82) is 0 Å². The third-order valence-corrected chi connectivity index (χ3v) is 5.58. The van der Waals surface area contributed by atoms with Crippen molar-refractivity contribution in [2.45, 2.75) is 25.8 Å². The van der Waals surface area contributed by atoms with Gasteiger partial charge >= 0.3 is 0 Å². The minimum Gasteiger partial charge on any atom is -0.353 e. The number of hydrogen-bond acceptors (Lipinski definition) is 5. The molecule has 0 spiro atoms. The monoisotopic (exact) mass is 352 g/mol. The van der Waals surface area contributed by atoms with Crippen LogP contribution in [-0.2, 0) is 4.79 Å². The van der Waals surface area contributed by atoms with Crippen LogP contribution in [0.4, 0.5) is 5.82 Å². The number of aryl methyl sites for hydroxylation is 1. The zero-order valence-corrected chi connectivity index (χ0v) is 15.1. The second-order valence-corrected chi connectivity index (χ2v) is 7.46. The van der Waals surface area contributed by atoms with E-state index in [2.05, 4.69) is 57.4 Å². The zero-order chi connectivity index (χ0) is 17.4. The van der Waals surface area contributed by atoms with Crippen LogP contribution in [0.1, 0.15) is 24.0 Å². The van der Waals surface area contributed by atoms with Gasteiger partial charge in [-0.05, 0) is 23.9 Å². The Labute approximate surface area is 150 Å². The predicted molar refractivity (Wildman–Crippen MR) is 101 cm³/mol.